The summed E-state index contributed by atoms with van der Waals surface area (Å²) in [5.74, 6) is 0.274. The zero-order valence-electron chi connectivity index (χ0n) is 9.24. The first-order valence-electron chi connectivity index (χ1n) is 5.88. The van der Waals surface area contributed by atoms with Crippen LogP contribution >= 0.6 is 0 Å². The fourth-order valence-electron chi connectivity index (χ4n) is 2.43. The Hall–Kier alpha value is -0.930. The van der Waals surface area contributed by atoms with E-state index in [1.165, 1.54) is 0 Å². The largest absolute Gasteiger partial charge is 0.342 e. The van der Waals surface area contributed by atoms with Gasteiger partial charge < -0.3 is 4.90 Å². The lowest BCUT2D eigenvalue weighted by Crippen LogP contribution is -2.52. The van der Waals surface area contributed by atoms with Gasteiger partial charge in [-0.05, 0) is 25.2 Å². The van der Waals surface area contributed by atoms with Gasteiger partial charge in [0, 0.05) is 25.4 Å². The van der Waals surface area contributed by atoms with E-state index in [1.54, 1.807) is 4.90 Å². The minimum Gasteiger partial charge on any atom is -0.342 e. The molecule has 1 aliphatic heterocycles. The number of alkyl halides is 2. The molecule has 1 saturated heterocycles. The van der Waals surface area contributed by atoms with E-state index in [0.29, 0.717) is 13.1 Å². The number of nitrogens with zero attached hydrogens (tertiary/aromatic N) is 1. The standard InChI is InChI=1S/C12H17F2NO/c13-11(14)6-9-7-15(8-9)12(16)10-4-2-1-3-5-10/h1-2,9-11H,3-8H2. The second-order valence-electron chi connectivity index (χ2n) is 4.72. The molecule has 16 heavy (non-hydrogen) atoms. The molecule has 1 aliphatic carbocycles. The molecule has 0 spiro atoms. The average molecular weight is 229 g/mol. The molecule has 2 aliphatic rings. The molecule has 1 unspecified atom stereocenters. The van der Waals surface area contributed by atoms with Gasteiger partial charge in [-0.2, -0.15) is 0 Å². The van der Waals surface area contributed by atoms with E-state index in [9.17, 15) is 13.6 Å². The summed E-state index contributed by atoms with van der Waals surface area (Å²) < 4.78 is 24.2. The second kappa shape index (κ2) is 4.93. The van der Waals surface area contributed by atoms with Crippen LogP contribution in [0, 0.1) is 11.8 Å². The number of likely N-dealkylation sites (tertiary alicyclic amines) is 1. The van der Waals surface area contributed by atoms with Crippen LogP contribution < -0.4 is 0 Å². The summed E-state index contributed by atoms with van der Waals surface area (Å²) in [6.45, 7) is 1.06. The molecule has 4 heteroatoms. The average Bonchev–Trinajstić information content (AvgIpc) is 2.23. The number of hydrogen-bond donors (Lipinski definition) is 0. The maximum Gasteiger partial charge on any atom is 0.239 e. The van der Waals surface area contributed by atoms with Gasteiger partial charge in [0.2, 0.25) is 12.3 Å². The molecule has 1 amide bonds. The molecule has 0 aromatic carbocycles. The first-order chi connectivity index (χ1) is 7.66. The van der Waals surface area contributed by atoms with Gasteiger partial charge in [0.05, 0.1) is 0 Å². The number of hydrogen-bond acceptors (Lipinski definition) is 1. The van der Waals surface area contributed by atoms with Crippen molar-refractivity contribution in [3.63, 3.8) is 0 Å². The van der Waals surface area contributed by atoms with Crippen molar-refractivity contribution in [3.8, 4) is 0 Å². The third-order valence-electron chi connectivity index (χ3n) is 3.40. The van der Waals surface area contributed by atoms with Crippen LogP contribution in [0.25, 0.3) is 0 Å². The third-order valence-corrected chi connectivity index (χ3v) is 3.40. The fraction of sp³-hybridized carbons (Fsp3) is 0.750. The predicted octanol–water partition coefficient (Wildman–Crippen LogP) is 2.46. The third kappa shape index (κ3) is 2.60. The quantitative estimate of drug-likeness (QED) is 0.681. The Morgan fingerprint density at radius 2 is 2.12 bits per heavy atom. The molecule has 1 atom stereocenters. The van der Waals surface area contributed by atoms with Crippen LogP contribution in [0.2, 0.25) is 0 Å². The van der Waals surface area contributed by atoms with Gasteiger partial charge in [-0.25, -0.2) is 8.78 Å². The summed E-state index contributed by atoms with van der Waals surface area (Å²) in [4.78, 5) is 13.6. The molecule has 0 radical (unpaired) electrons. The molecule has 0 aromatic rings. The lowest BCUT2D eigenvalue weighted by Gasteiger charge is -2.41. The normalized spacial score (nSPS) is 25.9. The predicted molar refractivity (Wildman–Crippen MR) is 57.2 cm³/mol. The number of carbonyl (C=O) groups is 1. The zero-order valence-corrected chi connectivity index (χ0v) is 9.24. The van der Waals surface area contributed by atoms with E-state index < -0.39 is 6.43 Å². The Kier molecular flexibility index (Phi) is 3.56. The molecule has 0 saturated carbocycles. The molecule has 90 valence electrons. The number of rotatable bonds is 3. The van der Waals surface area contributed by atoms with E-state index in [4.69, 9.17) is 0 Å². The van der Waals surface area contributed by atoms with Crippen molar-refractivity contribution in [2.75, 3.05) is 13.1 Å². The number of halogens is 2. The van der Waals surface area contributed by atoms with Gasteiger partial charge in [-0.3, -0.25) is 4.79 Å². The zero-order chi connectivity index (χ0) is 11.5. The second-order valence-corrected chi connectivity index (χ2v) is 4.72. The highest BCUT2D eigenvalue weighted by Crippen LogP contribution is 2.27. The molecular weight excluding hydrogens is 212 g/mol. The monoisotopic (exact) mass is 229 g/mol. The van der Waals surface area contributed by atoms with Crippen molar-refractivity contribution >= 4 is 5.91 Å². The van der Waals surface area contributed by atoms with Gasteiger partial charge in [-0.1, -0.05) is 12.2 Å². The van der Waals surface area contributed by atoms with E-state index in [2.05, 4.69) is 6.08 Å². The molecule has 0 N–H and O–H groups in total. The highest BCUT2D eigenvalue weighted by Gasteiger charge is 2.35. The first-order valence-corrected chi connectivity index (χ1v) is 5.88. The van der Waals surface area contributed by atoms with Crippen molar-refractivity contribution in [2.45, 2.75) is 32.1 Å². The van der Waals surface area contributed by atoms with Crippen LogP contribution in [-0.4, -0.2) is 30.3 Å². The van der Waals surface area contributed by atoms with Crippen LogP contribution in [-0.2, 0) is 4.79 Å². The van der Waals surface area contributed by atoms with Gasteiger partial charge in [0.15, 0.2) is 0 Å². The van der Waals surface area contributed by atoms with Crippen molar-refractivity contribution in [3.05, 3.63) is 12.2 Å². The van der Waals surface area contributed by atoms with E-state index in [1.807, 2.05) is 6.08 Å². The maximum absolute atomic E-state index is 12.1. The maximum atomic E-state index is 12.1. The van der Waals surface area contributed by atoms with E-state index in [-0.39, 0.29) is 24.2 Å². The van der Waals surface area contributed by atoms with Crippen molar-refractivity contribution < 1.29 is 13.6 Å². The molecule has 0 aromatic heterocycles. The molecule has 0 bridgehead atoms. The molecule has 2 rings (SSSR count). The molecule has 1 heterocycles. The Labute approximate surface area is 94.3 Å². The summed E-state index contributed by atoms with van der Waals surface area (Å²) >= 11 is 0. The fourth-order valence-corrected chi connectivity index (χ4v) is 2.43. The van der Waals surface area contributed by atoms with Crippen LogP contribution in [0.15, 0.2) is 12.2 Å². The number of allylic oxidation sites excluding steroid dienone is 2. The first kappa shape index (κ1) is 11.6. The lowest BCUT2D eigenvalue weighted by atomic mass is 9.89. The Balaban J connectivity index is 1.74. The van der Waals surface area contributed by atoms with Gasteiger partial charge >= 0.3 is 0 Å². The summed E-state index contributed by atoms with van der Waals surface area (Å²) in [6.07, 6.45) is 4.53. The van der Waals surface area contributed by atoms with Crippen LogP contribution in [0.4, 0.5) is 8.78 Å². The Bertz CT molecular complexity index is 285. The van der Waals surface area contributed by atoms with Gasteiger partial charge in [-0.15, -0.1) is 0 Å². The lowest BCUT2D eigenvalue weighted by molar-refractivity contribution is -0.143. The highest BCUT2D eigenvalue weighted by atomic mass is 19.3. The minimum atomic E-state index is -2.24. The summed E-state index contributed by atoms with van der Waals surface area (Å²) in [5, 5.41) is 0. The molecule has 2 nitrogen and oxygen atoms in total. The summed E-state index contributed by atoms with van der Waals surface area (Å²) in [7, 11) is 0. The van der Waals surface area contributed by atoms with Crippen LogP contribution in [0.5, 0.6) is 0 Å². The van der Waals surface area contributed by atoms with Crippen molar-refractivity contribution in [2.24, 2.45) is 11.8 Å². The summed E-state index contributed by atoms with van der Waals surface area (Å²) in [5.41, 5.74) is 0. The topological polar surface area (TPSA) is 20.3 Å². The summed E-state index contributed by atoms with van der Waals surface area (Å²) in [6, 6.07) is 0. The van der Waals surface area contributed by atoms with Crippen LogP contribution in [0.3, 0.4) is 0 Å². The number of carbonyl (C=O) groups excluding carboxylic acids is 1. The smallest absolute Gasteiger partial charge is 0.239 e. The van der Waals surface area contributed by atoms with E-state index >= 15 is 0 Å². The van der Waals surface area contributed by atoms with Crippen molar-refractivity contribution in [1.82, 2.24) is 4.90 Å². The SMILES string of the molecule is O=C(C1CC=CCC1)N1CC(CC(F)F)C1. The molecular formula is C12H17F2NO. The molecule has 1 fully saturated rings. The Morgan fingerprint density at radius 1 is 1.38 bits per heavy atom. The highest BCUT2D eigenvalue weighted by molar-refractivity contribution is 5.80. The van der Waals surface area contributed by atoms with Crippen molar-refractivity contribution in [1.29, 1.82) is 0 Å². The van der Waals surface area contributed by atoms with Crippen LogP contribution in [0.1, 0.15) is 25.7 Å². The van der Waals surface area contributed by atoms with Gasteiger partial charge in [0.1, 0.15) is 0 Å². The van der Waals surface area contributed by atoms with Gasteiger partial charge in [0.25, 0.3) is 0 Å². The van der Waals surface area contributed by atoms with E-state index in [0.717, 1.165) is 19.3 Å². The number of amides is 1. The minimum absolute atomic E-state index is 0.0167. The Morgan fingerprint density at radius 3 is 2.69 bits per heavy atom.